The second-order valence-electron chi connectivity index (χ2n) is 16.5. The monoisotopic (exact) mass is 1240 g/mol. The number of rotatable bonds is 9. The van der Waals surface area contributed by atoms with Gasteiger partial charge in [0.05, 0.1) is 49.4 Å². The second-order valence-corrected chi connectivity index (χ2v) is 26.0. The van der Waals surface area contributed by atoms with Gasteiger partial charge in [-0.3, -0.25) is 11.8 Å². The van der Waals surface area contributed by atoms with Crippen LogP contribution in [0.4, 0.5) is 0 Å². The molecule has 8 aromatic carbocycles. The van der Waals surface area contributed by atoms with Crippen LogP contribution in [0.25, 0.3) is 22.3 Å². The first-order valence-corrected chi connectivity index (χ1v) is 28.1. The Balaban J connectivity index is 0.000000170. The fraction of sp³-hybridized carbons (Fsp3) is 0.119. The zero-order valence-corrected chi connectivity index (χ0v) is 43.6. The molecule has 0 atom stereocenters. The van der Waals surface area contributed by atoms with Crippen LogP contribution in [-0.2, 0) is 51.2 Å². The standard InChI is InChI=1S/C28H28P2.C16H13Si.C15H9.2Au/c1-5-15-25(16-6-1)29(26-17-7-2-8-18-26)23-13-14-24-30(27-19-9-3-10-20-27)28-21-11-4-12-22-28;1-4-12-8-7-11-15-16(12)13-9-5-6-10-14(13)17(15,2)3;1-2-11-7-5-8-13-10-12-6-3-4-9-14(12)15(11)13;;/h1-12,15-22H,13-14,23-24H2;5-11H,2-3H3;3-9H,10H2;;/q;2*-1;2*+1/p+2. The van der Waals surface area contributed by atoms with Gasteiger partial charge < -0.3 is 12.8 Å². The average molecular weight is 1250 g/mol. The van der Waals surface area contributed by atoms with Crippen molar-refractivity contribution in [2.45, 2.75) is 32.4 Å². The molecule has 1 heterocycles. The van der Waals surface area contributed by atoms with Crippen LogP contribution in [0.5, 0.6) is 0 Å². The Morgan fingerprint density at radius 2 is 0.781 bits per heavy atom. The van der Waals surface area contributed by atoms with E-state index in [4.69, 9.17) is 12.8 Å². The third kappa shape index (κ3) is 11.1. The Kier molecular flexibility index (Phi) is 18.0. The number of fused-ring (bicyclic) bond motifs is 6. The van der Waals surface area contributed by atoms with Crippen molar-refractivity contribution in [2.75, 3.05) is 12.3 Å². The van der Waals surface area contributed by atoms with E-state index in [0.29, 0.717) is 0 Å². The van der Waals surface area contributed by atoms with Gasteiger partial charge in [-0.1, -0.05) is 181 Å². The molecule has 1 aliphatic heterocycles. The Morgan fingerprint density at radius 3 is 1.27 bits per heavy atom. The van der Waals surface area contributed by atoms with Crippen LogP contribution < -0.4 is 31.6 Å². The fourth-order valence-electron chi connectivity index (χ4n) is 9.22. The van der Waals surface area contributed by atoms with Gasteiger partial charge in [-0.25, -0.2) is 0 Å². The summed E-state index contributed by atoms with van der Waals surface area (Å²) in [6.07, 6.45) is 20.9. The molecule has 0 bridgehead atoms. The largest absolute Gasteiger partial charge is 1.00 e. The maximum Gasteiger partial charge on any atom is 1.00 e. The molecule has 0 nitrogen and oxygen atoms in total. The van der Waals surface area contributed by atoms with Gasteiger partial charge in [0.25, 0.3) is 0 Å². The maximum absolute atomic E-state index is 7.45. The molecular weight excluding hydrogens is 1190 g/mol. The molecular formula is C59H52Au2P2Si+2. The predicted molar refractivity (Wildman–Crippen MR) is 276 cm³/mol. The van der Waals surface area contributed by atoms with Crippen molar-refractivity contribution in [1.82, 2.24) is 0 Å². The molecule has 0 fully saturated rings. The molecule has 0 N–H and O–H groups in total. The van der Waals surface area contributed by atoms with Gasteiger partial charge >= 0.3 is 44.8 Å². The van der Waals surface area contributed by atoms with Crippen LogP contribution >= 0.6 is 15.8 Å². The predicted octanol–water partition coefficient (Wildman–Crippen LogP) is 11.1. The Labute approximate surface area is 416 Å². The van der Waals surface area contributed by atoms with Gasteiger partial charge in [-0.05, 0) is 89.7 Å². The van der Waals surface area contributed by atoms with E-state index >= 15 is 0 Å². The first-order valence-electron chi connectivity index (χ1n) is 21.7. The molecule has 0 radical (unpaired) electrons. The fourth-order valence-corrected chi connectivity index (χ4v) is 17.7. The number of benzene rings is 8. The first kappa shape index (κ1) is 48.9. The minimum Gasteiger partial charge on any atom is -0.366 e. The van der Waals surface area contributed by atoms with E-state index in [2.05, 4.69) is 213 Å². The van der Waals surface area contributed by atoms with Gasteiger partial charge in [0.15, 0.2) is 0 Å². The van der Waals surface area contributed by atoms with Crippen molar-refractivity contribution in [2.24, 2.45) is 0 Å². The van der Waals surface area contributed by atoms with Gasteiger partial charge in [-0.15, -0.1) is 23.3 Å². The quantitative estimate of drug-likeness (QED) is 0.0444. The van der Waals surface area contributed by atoms with E-state index in [1.807, 2.05) is 18.2 Å². The summed E-state index contributed by atoms with van der Waals surface area (Å²) >= 11 is 0. The number of hydrogen-bond donors (Lipinski definition) is 0. The van der Waals surface area contributed by atoms with E-state index < -0.39 is 23.9 Å². The molecule has 1 aliphatic carbocycles. The minimum atomic E-state index is -1.55. The summed E-state index contributed by atoms with van der Waals surface area (Å²) in [5.74, 6) is 5.10. The topological polar surface area (TPSA) is 0 Å². The van der Waals surface area contributed by atoms with E-state index in [9.17, 15) is 0 Å². The summed E-state index contributed by atoms with van der Waals surface area (Å²) in [5.41, 5.74) is 9.52. The first-order chi connectivity index (χ1) is 30.5. The molecule has 0 unspecified atom stereocenters. The molecule has 8 aromatic rings. The summed E-state index contributed by atoms with van der Waals surface area (Å²) in [4.78, 5) is 0. The van der Waals surface area contributed by atoms with Crippen molar-refractivity contribution >= 4 is 55.5 Å². The van der Waals surface area contributed by atoms with Crippen molar-refractivity contribution in [3.05, 3.63) is 241 Å². The number of unbranched alkanes of at least 4 members (excludes halogenated alkanes) is 1. The van der Waals surface area contributed by atoms with Crippen molar-refractivity contribution < 1.29 is 44.8 Å². The zero-order valence-electron chi connectivity index (χ0n) is 36.3. The van der Waals surface area contributed by atoms with Gasteiger partial charge in [0.1, 0.15) is 8.07 Å². The molecule has 2 aliphatic rings. The minimum absolute atomic E-state index is 0. The zero-order chi connectivity index (χ0) is 42.7. The third-order valence-corrected chi connectivity index (χ3v) is 21.7. The van der Waals surface area contributed by atoms with Crippen molar-refractivity contribution in [3.63, 3.8) is 0 Å². The molecule has 322 valence electrons. The van der Waals surface area contributed by atoms with Gasteiger partial charge in [0.2, 0.25) is 0 Å². The molecule has 0 aromatic heterocycles. The molecule has 5 heteroatoms. The molecule has 0 spiro atoms. The summed E-state index contributed by atoms with van der Waals surface area (Å²) in [6, 6.07) is 74.0. The van der Waals surface area contributed by atoms with Crippen LogP contribution in [0.15, 0.2) is 206 Å². The molecule has 0 saturated carbocycles. The Hall–Kier alpha value is -4.56. The van der Waals surface area contributed by atoms with E-state index in [1.54, 1.807) is 0 Å². The summed E-state index contributed by atoms with van der Waals surface area (Å²) < 4.78 is 0. The van der Waals surface area contributed by atoms with Crippen molar-refractivity contribution in [1.29, 1.82) is 0 Å². The smallest absolute Gasteiger partial charge is 0.366 e. The van der Waals surface area contributed by atoms with Crippen LogP contribution in [0.3, 0.4) is 0 Å². The van der Waals surface area contributed by atoms with Crippen LogP contribution in [0.1, 0.15) is 35.1 Å². The normalized spacial score (nSPS) is 11.9. The Morgan fingerprint density at radius 1 is 0.406 bits per heavy atom. The van der Waals surface area contributed by atoms with E-state index in [-0.39, 0.29) is 44.8 Å². The summed E-state index contributed by atoms with van der Waals surface area (Å²) in [7, 11) is -2.98. The molecule has 10 rings (SSSR count). The molecule has 64 heavy (non-hydrogen) atoms. The van der Waals surface area contributed by atoms with Crippen LogP contribution in [0.2, 0.25) is 13.1 Å². The Bertz CT molecular complexity index is 2670. The van der Waals surface area contributed by atoms with E-state index in [0.717, 1.165) is 17.5 Å². The van der Waals surface area contributed by atoms with Crippen LogP contribution in [-0.4, -0.2) is 20.4 Å². The molecule has 0 amide bonds. The van der Waals surface area contributed by atoms with Crippen molar-refractivity contribution in [3.8, 4) is 34.1 Å². The SMILES string of the molecule is [Au+].[Au+].[C-]#Cc1cccc2c1-c1ccccc1C2.[C-]#Cc1cccc2c1-c1ccccc1[Si]2(C)C.c1ccc([PH+](CCCC[PH+](c2ccccc2)c2ccccc2)c2ccccc2)cc1. The molecule has 0 saturated heterocycles. The van der Waals surface area contributed by atoms with E-state index in [1.165, 1.54) is 90.1 Å². The van der Waals surface area contributed by atoms with Gasteiger partial charge in [0, 0.05) is 0 Å². The average Bonchev–Trinajstić information content (AvgIpc) is 3.84. The summed E-state index contributed by atoms with van der Waals surface area (Å²) in [6.45, 7) is 4.76. The second kappa shape index (κ2) is 23.6. The van der Waals surface area contributed by atoms with Crippen LogP contribution in [0, 0.1) is 24.7 Å². The maximum atomic E-state index is 7.45. The number of hydrogen-bond acceptors (Lipinski definition) is 0. The summed E-state index contributed by atoms with van der Waals surface area (Å²) in [5, 5.41) is 9.06. The van der Waals surface area contributed by atoms with Gasteiger partial charge in [-0.2, -0.15) is 0 Å². The third-order valence-electron chi connectivity index (χ3n) is 12.3.